The van der Waals surface area contributed by atoms with Gasteiger partial charge in [-0.05, 0) is 35.9 Å². The fourth-order valence-electron chi connectivity index (χ4n) is 2.52. The van der Waals surface area contributed by atoms with E-state index in [1.807, 2.05) is 54.6 Å². The van der Waals surface area contributed by atoms with Crippen molar-refractivity contribution in [1.82, 2.24) is 0 Å². The lowest BCUT2D eigenvalue weighted by Crippen LogP contribution is -2.27. The molecule has 0 N–H and O–H groups in total. The fraction of sp³-hybridized carbons (Fsp3) is 0.143. The lowest BCUT2D eigenvalue weighted by Gasteiger charge is -2.13. The standard InChI is InChI=1S/C21H18O4/c1-15(25-20(22)14-24-19-9-3-2-4-10-19)21(23)18-12-11-16-7-5-6-8-17(16)13-18/h2-13,15H,14H2,1H3/t15-/m1/s1. The van der Waals surface area contributed by atoms with Gasteiger partial charge in [0.2, 0.25) is 5.78 Å². The quantitative estimate of drug-likeness (QED) is 0.504. The maximum Gasteiger partial charge on any atom is 0.344 e. The molecule has 0 aliphatic heterocycles. The Kier molecular flexibility index (Phi) is 5.09. The zero-order valence-electron chi connectivity index (χ0n) is 13.8. The van der Waals surface area contributed by atoms with Gasteiger partial charge in [0, 0.05) is 5.56 Å². The normalized spacial score (nSPS) is 11.7. The minimum atomic E-state index is -0.868. The van der Waals surface area contributed by atoms with Gasteiger partial charge in [-0.2, -0.15) is 0 Å². The first kappa shape index (κ1) is 16.7. The largest absolute Gasteiger partial charge is 0.482 e. The molecule has 4 nitrogen and oxygen atoms in total. The van der Waals surface area contributed by atoms with E-state index in [0.29, 0.717) is 11.3 Å². The predicted octanol–water partition coefficient (Wildman–Crippen LogP) is 4.03. The maximum absolute atomic E-state index is 12.5. The van der Waals surface area contributed by atoms with E-state index in [9.17, 15) is 9.59 Å². The molecule has 25 heavy (non-hydrogen) atoms. The van der Waals surface area contributed by atoms with E-state index in [-0.39, 0.29) is 12.4 Å². The van der Waals surface area contributed by atoms with E-state index in [2.05, 4.69) is 0 Å². The molecular formula is C21H18O4. The van der Waals surface area contributed by atoms with Crippen LogP contribution in [-0.4, -0.2) is 24.5 Å². The van der Waals surface area contributed by atoms with Crippen molar-refractivity contribution in [2.45, 2.75) is 13.0 Å². The van der Waals surface area contributed by atoms with E-state index < -0.39 is 12.1 Å². The third-order valence-electron chi connectivity index (χ3n) is 3.81. The Morgan fingerprint density at radius 3 is 2.32 bits per heavy atom. The van der Waals surface area contributed by atoms with Gasteiger partial charge in [-0.25, -0.2) is 4.79 Å². The number of carbonyl (C=O) groups excluding carboxylic acids is 2. The molecule has 0 aliphatic rings. The lowest BCUT2D eigenvalue weighted by atomic mass is 10.0. The Morgan fingerprint density at radius 1 is 0.880 bits per heavy atom. The Labute approximate surface area is 146 Å². The molecule has 3 aromatic carbocycles. The van der Waals surface area contributed by atoms with Crippen molar-refractivity contribution in [3.63, 3.8) is 0 Å². The highest BCUT2D eigenvalue weighted by Gasteiger charge is 2.20. The van der Waals surface area contributed by atoms with Crippen LogP contribution < -0.4 is 4.74 Å². The van der Waals surface area contributed by atoms with Crippen molar-refractivity contribution in [3.8, 4) is 5.75 Å². The minimum Gasteiger partial charge on any atom is -0.482 e. The number of rotatable bonds is 6. The Balaban J connectivity index is 1.60. The monoisotopic (exact) mass is 334 g/mol. The summed E-state index contributed by atoms with van der Waals surface area (Å²) >= 11 is 0. The van der Waals surface area contributed by atoms with Crippen LogP contribution in [0.2, 0.25) is 0 Å². The molecule has 0 amide bonds. The second kappa shape index (κ2) is 7.62. The van der Waals surface area contributed by atoms with Gasteiger partial charge < -0.3 is 9.47 Å². The molecule has 1 atom stereocenters. The molecule has 0 bridgehead atoms. The van der Waals surface area contributed by atoms with Gasteiger partial charge in [0.25, 0.3) is 0 Å². The molecule has 0 spiro atoms. The number of hydrogen-bond acceptors (Lipinski definition) is 4. The van der Waals surface area contributed by atoms with Gasteiger partial charge in [0.05, 0.1) is 0 Å². The predicted molar refractivity (Wildman–Crippen MR) is 95.8 cm³/mol. The molecular weight excluding hydrogens is 316 g/mol. The SMILES string of the molecule is C[C@@H](OC(=O)COc1ccccc1)C(=O)c1ccc2ccccc2c1. The van der Waals surface area contributed by atoms with Crippen molar-refractivity contribution in [3.05, 3.63) is 78.4 Å². The number of fused-ring (bicyclic) bond motifs is 1. The van der Waals surface area contributed by atoms with Crippen LogP contribution in [0.5, 0.6) is 5.75 Å². The second-order valence-corrected chi connectivity index (χ2v) is 5.66. The second-order valence-electron chi connectivity index (χ2n) is 5.66. The van der Waals surface area contributed by atoms with Crippen LogP contribution in [0.3, 0.4) is 0 Å². The smallest absolute Gasteiger partial charge is 0.344 e. The highest BCUT2D eigenvalue weighted by molar-refractivity contribution is 6.03. The number of hydrogen-bond donors (Lipinski definition) is 0. The summed E-state index contributed by atoms with van der Waals surface area (Å²) in [4.78, 5) is 24.4. The molecule has 0 saturated carbocycles. The first-order chi connectivity index (χ1) is 12.1. The van der Waals surface area contributed by atoms with Crippen LogP contribution in [0.4, 0.5) is 0 Å². The zero-order chi connectivity index (χ0) is 17.6. The molecule has 126 valence electrons. The van der Waals surface area contributed by atoms with Crippen LogP contribution in [0, 0.1) is 0 Å². The van der Waals surface area contributed by atoms with Crippen LogP contribution >= 0.6 is 0 Å². The van der Waals surface area contributed by atoms with Gasteiger partial charge in [-0.1, -0.05) is 54.6 Å². The van der Waals surface area contributed by atoms with Crippen molar-refractivity contribution in [1.29, 1.82) is 0 Å². The molecule has 0 unspecified atom stereocenters. The molecule has 0 aromatic heterocycles. The van der Waals surface area contributed by atoms with Crippen LogP contribution in [-0.2, 0) is 9.53 Å². The summed E-state index contributed by atoms with van der Waals surface area (Å²) in [5, 5.41) is 2.03. The molecule has 4 heteroatoms. The van der Waals surface area contributed by atoms with Crippen molar-refractivity contribution < 1.29 is 19.1 Å². The summed E-state index contributed by atoms with van der Waals surface area (Å²) in [7, 11) is 0. The summed E-state index contributed by atoms with van der Waals surface area (Å²) < 4.78 is 10.5. The summed E-state index contributed by atoms with van der Waals surface area (Å²) in [5.74, 6) is -0.239. The van der Waals surface area contributed by atoms with Crippen LogP contribution in [0.15, 0.2) is 72.8 Å². The number of ketones is 1. The average Bonchev–Trinajstić information content (AvgIpc) is 2.66. The summed E-state index contributed by atoms with van der Waals surface area (Å²) in [6, 6.07) is 22.2. The lowest BCUT2D eigenvalue weighted by molar-refractivity contribution is -0.148. The fourth-order valence-corrected chi connectivity index (χ4v) is 2.52. The number of carbonyl (C=O) groups is 2. The first-order valence-electron chi connectivity index (χ1n) is 8.04. The summed E-state index contributed by atoms with van der Waals surface area (Å²) in [6.07, 6.45) is -0.868. The Hall–Kier alpha value is -3.14. The van der Waals surface area contributed by atoms with E-state index in [4.69, 9.17) is 9.47 Å². The number of benzene rings is 3. The number of ether oxygens (including phenoxy) is 2. The number of esters is 1. The van der Waals surface area contributed by atoms with E-state index in [0.717, 1.165) is 10.8 Å². The Bertz CT molecular complexity index is 887. The molecule has 3 aromatic rings. The van der Waals surface area contributed by atoms with Gasteiger partial charge >= 0.3 is 5.97 Å². The molecule has 0 radical (unpaired) electrons. The first-order valence-corrected chi connectivity index (χ1v) is 8.04. The zero-order valence-corrected chi connectivity index (χ0v) is 13.8. The van der Waals surface area contributed by atoms with E-state index in [1.54, 1.807) is 25.1 Å². The maximum atomic E-state index is 12.5. The molecule has 3 rings (SSSR count). The van der Waals surface area contributed by atoms with Crippen molar-refractivity contribution in [2.75, 3.05) is 6.61 Å². The minimum absolute atomic E-state index is 0.237. The highest BCUT2D eigenvalue weighted by Crippen LogP contribution is 2.17. The van der Waals surface area contributed by atoms with Crippen LogP contribution in [0.25, 0.3) is 10.8 Å². The van der Waals surface area contributed by atoms with Crippen molar-refractivity contribution in [2.24, 2.45) is 0 Å². The Morgan fingerprint density at radius 2 is 1.56 bits per heavy atom. The molecule has 0 heterocycles. The third-order valence-corrected chi connectivity index (χ3v) is 3.81. The van der Waals surface area contributed by atoms with Gasteiger partial charge in [-0.3, -0.25) is 4.79 Å². The van der Waals surface area contributed by atoms with E-state index >= 15 is 0 Å². The third kappa shape index (κ3) is 4.23. The van der Waals surface area contributed by atoms with Gasteiger partial charge in [0.15, 0.2) is 12.7 Å². The van der Waals surface area contributed by atoms with Crippen LogP contribution in [0.1, 0.15) is 17.3 Å². The highest BCUT2D eigenvalue weighted by atomic mass is 16.6. The summed E-state index contributed by atoms with van der Waals surface area (Å²) in [5.41, 5.74) is 0.517. The molecule has 0 saturated heterocycles. The van der Waals surface area contributed by atoms with Gasteiger partial charge in [-0.15, -0.1) is 0 Å². The average molecular weight is 334 g/mol. The van der Waals surface area contributed by atoms with E-state index in [1.165, 1.54) is 0 Å². The molecule has 0 aliphatic carbocycles. The summed E-state index contributed by atoms with van der Waals surface area (Å²) in [6.45, 7) is 1.33. The topological polar surface area (TPSA) is 52.6 Å². The van der Waals surface area contributed by atoms with Crippen molar-refractivity contribution >= 4 is 22.5 Å². The van der Waals surface area contributed by atoms with Gasteiger partial charge in [0.1, 0.15) is 5.75 Å². The molecule has 0 fully saturated rings. The number of para-hydroxylation sites is 1. The number of Topliss-reactive ketones (excluding diaryl/α,β-unsaturated/α-hetero) is 1.